The number of benzene rings is 1. The summed E-state index contributed by atoms with van der Waals surface area (Å²) in [5.74, 6) is -0.0999. The molecule has 1 aliphatic heterocycles. The third-order valence-corrected chi connectivity index (χ3v) is 4.08. The van der Waals surface area contributed by atoms with Gasteiger partial charge in [-0.25, -0.2) is 0 Å². The van der Waals surface area contributed by atoms with Crippen molar-refractivity contribution in [3.63, 3.8) is 0 Å². The second kappa shape index (κ2) is 6.71. The van der Waals surface area contributed by atoms with Crippen LogP contribution in [0.1, 0.15) is 44.2 Å². The lowest BCUT2D eigenvalue weighted by atomic mass is 9.95. The van der Waals surface area contributed by atoms with Crippen molar-refractivity contribution in [3.05, 3.63) is 35.9 Å². The summed E-state index contributed by atoms with van der Waals surface area (Å²) < 4.78 is 4.82. The summed E-state index contributed by atoms with van der Waals surface area (Å²) in [5.41, 5.74) is 1.32. The lowest BCUT2D eigenvalue weighted by Gasteiger charge is -2.39. The molecule has 0 aromatic heterocycles. The smallest absolute Gasteiger partial charge is 0.307 e. The van der Waals surface area contributed by atoms with Gasteiger partial charge in [-0.2, -0.15) is 0 Å². The van der Waals surface area contributed by atoms with Gasteiger partial charge in [0.05, 0.1) is 13.5 Å². The predicted octanol–water partition coefficient (Wildman–Crippen LogP) is 3.17. The van der Waals surface area contributed by atoms with Crippen LogP contribution < -0.4 is 0 Å². The molecule has 1 aliphatic rings. The van der Waals surface area contributed by atoms with Crippen molar-refractivity contribution >= 4 is 5.97 Å². The Morgan fingerprint density at radius 1 is 1.37 bits per heavy atom. The van der Waals surface area contributed by atoms with Crippen LogP contribution in [-0.4, -0.2) is 30.6 Å². The van der Waals surface area contributed by atoms with Gasteiger partial charge in [0, 0.05) is 12.1 Å². The number of carbonyl (C=O) groups is 1. The van der Waals surface area contributed by atoms with Crippen LogP contribution in [0.2, 0.25) is 0 Å². The van der Waals surface area contributed by atoms with Crippen molar-refractivity contribution in [1.82, 2.24) is 4.90 Å². The number of methoxy groups -OCH3 is 1. The van der Waals surface area contributed by atoms with Gasteiger partial charge in [-0.3, -0.25) is 9.69 Å². The number of ether oxygens (including phenoxy) is 1. The lowest BCUT2D eigenvalue weighted by molar-refractivity contribution is -0.142. The Morgan fingerprint density at radius 2 is 2.11 bits per heavy atom. The van der Waals surface area contributed by atoms with Gasteiger partial charge in [-0.05, 0) is 31.9 Å². The Hall–Kier alpha value is -1.35. The van der Waals surface area contributed by atoms with Gasteiger partial charge in [-0.15, -0.1) is 0 Å². The molecule has 0 spiro atoms. The SMILES string of the molecule is COC(=O)CC1CCCCN1C(C)c1ccccc1. The van der Waals surface area contributed by atoms with E-state index in [1.54, 1.807) is 0 Å². The molecule has 2 unspecified atom stereocenters. The van der Waals surface area contributed by atoms with Crippen molar-refractivity contribution in [1.29, 1.82) is 0 Å². The van der Waals surface area contributed by atoms with Crippen LogP contribution in [0.3, 0.4) is 0 Å². The quantitative estimate of drug-likeness (QED) is 0.780. The number of esters is 1. The Balaban J connectivity index is 2.08. The van der Waals surface area contributed by atoms with E-state index in [1.165, 1.54) is 25.5 Å². The summed E-state index contributed by atoms with van der Waals surface area (Å²) in [4.78, 5) is 14.0. The highest BCUT2D eigenvalue weighted by Gasteiger charge is 2.29. The predicted molar refractivity (Wildman–Crippen MR) is 75.8 cm³/mol. The molecule has 0 saturated carbocycles. The number of hydrogen-bond donors (Lipinski definition) is 0. The number of piperidine rings is 1. The number of rotatable bonds is 4. The summed E-state index contributed by atoms with van der Waals surface area (Å²) in [7, 11) is 1.47. The van der Waals surface area contributed by atoms with Crippen LogP contribution >= 0.6 is 0 Å². The van der Waals surface area contributed by atoms with Crippen LogP contribution in [0, 0.1) is 0 Å². The number of hydrogen-bond acceptors (Lipinski definition) is 3. The van der Waals surface area contributed by atoms with Gasteiger partial charge in [0.2, 0.25) is 0 Å². The van der Waals surface area contributed by atoms with Crippen LogP contribution in [-0.2, 0) is 9.53 Å². The zero-order chi connectivity index (χ0) is 13.7. The summed E-state index contributed by atoms with van der Waals surface area (Å²) >= 11 is 0. The maximum absolute atomic E-state index is 11.5. The molecule has 1 heterocycles. The van der Waals surface area contributed by atoms with E-state index >= 15 is 0 Å². The summed E-state index contributed by atoms with van der Waals surface area (Å²) in [5, 5.41) is 0. The molecule has 1 fully saturated rings. The minimum Gasteiger partial charge on any atom is -0.469 e. The van der Waals surface area contributed by atoms with Gasteiger partial charge >= 0.3 is 5.97 Å². The third-order valence-electron chi connectivity index (χ3n) is 4.08. The molecule has 104 valence electrons. The molecule has 0 bridgehead atoms. The van der Waals surface area contributed by atoms with E-state index in [9.17, 15) is 4.79 Å². The molecule has 3 nitrogen and oxygen atoms in total. The van der Waals surface area contributed by atoms with Crippen molar-refractivity contribution < 1.29 is 9.53 Å². The largest absolute Gasteiger partial charge is 0.469 e. The summed E-state index contributed by atoms with van der Waals surface area (Å²) in [6, 6.07) is 11.2. The second-order valence-corrected chi connectivity index (χ2v) is 5.25. The lowest BCUT2D eigenvalue weighted by Crippen LogP contribution is -2.42. The van der Waals surface area contributed by atoms with Gasteiger partial charge in [0.15, 0.2) is 0 Å². The first-order valence-electron chi connectivity index (χ1n) is 7.10. The molecule has 0 aliphatic carbocycles. The highest BCUT2D eigenvalue weighted by Crippen LogP contribution is 2.29. The normalized spacial score (nSPS) is 21.9. The summed E-state index contributed by atoms with van der Waals surface area (Å²) in [6.07, 6.45) is 4.02. The number of carbonyl (C=O) groups excluding carboxylic acids is 1. The first kappa shape index (κ1) is 14.1. The molecule has 0 radical (unpaired) electrons. The molecular formula is C16H23NO2. The van der Waals surface area contributed by atoms with Crippen molar-refractivity contribution in [2.24, 2.45) is 0 Å². The maximum atomic E-state index is 11.5. The monoisotopic (exact) mass is 261 g/mol. The zero-order valence-corrected chi connectivity index (χ0v) is 11.8. The van der Waals surface area contributed by atoms with Gasteiger partial charge in [0.1, 0.15) is 0 Å². The fraction of sp³-hybridized carbons (Fsp3) is 0.562. The molecule has 1 aromatic carbocycles. The molecule has 0 amide bonds. The van der Waals surface area contributed by atoms with E-state index in [4.69, 9.17) is 4.74 Å². The molecule has 1 aromatic rings. The maximum Gasteiger partial charge on any atom is 0.307 e. The highest BCUT2D eigenvalue weighted by molar-refractivity contribution is 5.69. The fourth-order valence-corrected chi connectivity index (χ4v) is 2.95. The molecule has 3 heteroatoms. The van der Waals surface area contributed by atoms with Crippen molar-refractivity contribution in [3.8, 4) is 0 Å². The van der Waals surface area contributed by atoms with E-state index in [0.29, 0.717) is 18.5 Å². The Kier molecular flexibility index (Phi) is 4.97. The first-order valence-corrected chi connectivity index (χ1v) is 7.10. The molecular weight excluding hydrogens is 238 g/mol. The number of nitrogens with zero attached hydrogens (tertiary/aromatic N) is 1. The van der Waals surface area contributed by atoms with Gasteiger partial charge in [0.25, 0.3) is 0 Å². The van der Waals surface area contributed by atoms with Crippen LogP contribution in [0.25, 0.3) is 0 Å². The minimum atomic E-state index is -0.0999. The molecule has 2 atom stereocenters. The van der Waals surface area contributed by atoms with E-state index in [-0.39, 0.29) is 5.97 Å². The number of likely N-dealkylation sites (tertiary alicyclic amines) is 1. The molecule has 2 rings (SSSR count). The van der Waals surface area contributed by atoms with Crippen LogP contribution in [0.4, 0.5) is 0 Å². The Morgan fingerprint density at radius 3 is 2.79 bits per heavy atom. The van der Waals surface area contributed by atoms with Crippen LogP contribution in [0.15, 0.2) is 30.3 Å². The molecule has 0 N–H and O–H groups in total. The molecule has 19 heavy (non-hydrogen) atoms. The third kappa shape index (κ3) is 3.57. The average Bonchev–Trinajstić information content (AvgIpc) is 2.48. The Bertz CT molecular complexity index is 404. The minimum absolute atomic E-state index is 0.0999. The van der Waals surface area contributed by atoms with Gasteiger partial charge < -0.3 is 4.74 Å². The van der Waals surface area contributed by atoms with Crippen molar-refractivity contribution in [2.75, 3.05) is 13.7 Å². The van der Waals surface area contributed by atoms with Gasteiger partial charge in [-0.1, -0.05) is 36.8 Å². The Labute approximate surface area is 115 Å². The van der Waals surface area contributed by atoms with Crippen LogP contribution in [0.5, 0.6) is 0 Å². The van der Waals surface area contributed by atoms with E-state index < -0.39 is 0 Å². The van der Waals surface area contributed by atoms with Crippen molar-refractivity contribution in [2.45, 2.75) is 44.7 Å². The zero-order valence-electron chi connectivity index (χ0n) is 11.8. The average molecular weight is 261 g/mol. The second-order valence-electron chi connectivity index (χ2n) is 5.25. The van der Waals surface area contributed by atoms with E-state index in [2.05, 4.69) is 36.1 Å². The molecule has 1 saturated heterocycles. The standard InChI is InChI=1S/C16H23NO2/c1-13(14-8-4-3-5-9-14)17-11-7-6-10-15(17)12-16(18)19-2/h3-5,8-9,13,15H,6-7,10-12H2,1-2H3. The fourth-order valence-electron chi connectivity index (χ4n) is 2.95. The first-order chi connectivity index (χ1) is 9.22. The topological polar surface area (TPSA) is 29.5 Å². The summed E-state index contributed by atoms with van der Waals surface area (Å²) in [6.45, 7) is 3.29. The van der Waals surface area contributed by atoms with E-state index in [0.717, 1.165) is 13.0 Å². The van der Waals surface area contributed by atoms with E-state index in [1.807, 2.05) is 6.07 Å². The highest BCUT2D eigenvalue weighted by atomic mass is 16.5.